The quantitative estimate of drug-likeness (QED) is 0.598. The van der Waals surface area contributed by atoms with Gasteiger partial charge in [-0.2, -0.15) is 0 Å². The predicted octanol–water partition coefficient (Wildman–Crippen LogP) is 3.40. The Bertz CT molecular complexity index is 399. The molecule has 0 amide bonds. The van der Waals surface area contributed by atoms with Gasteiger partial charge in [0.15, 0.2) is 0 Å². The van der Waals surface area contributed by atoms with E-state index in [1.54, 1.807) is 0 Å². The second-order valence-electron chi connectivity index (χ2n) is 4.85. The van der Waals surface area contributed by atoms with E-state index in [0.29, 0.717) is 5.92 Å². The summed E-state index contributed by atoms with van der Waals surface area (Å²) < 4.78 is 5.93. The van der Waals surface area contributed by atoms with Gasteiger partial charge in [-0.15, -0.1) is 0 Å². The van der Waals surface area contributed by atoms with Crippen LogP contribution < -0.4 is 10.5 Å². The Labute approximate surface area is 110 Å². The van der Waals surface area contributed by atoms with Gasteiger partial charge in [0, 0.05) is 5.56 Å². The second kappa shape index (κ2) is 6.43. The monoisotopic (exact) mass is 248 g/mol. The molecule has 18 heavy (non-hydrogen) atoms. The molecule has 1 aromatic rings. The van der Waals surface area contributed by atoms with Gasteiger partial charge < -0.3 is 10.5 Å². The molecule has 1 rings (SSSR count). The van der Waals surface area contributed by atoms with Crippen LogP contribution in [0.15, 0.2) is 12.1 Å². The van der Waals surface area contributed by atoms with E-state index in [9.17, 15) is 0 Å². The highest BCUT2D eigenvalue weighted by Crippen LogP contribution is 2.25. The Morgan fingerprint density at radius 1 is 1.22 bits per heavy atom. The molecule has 0 spiro atoms. The summed E-state index contributed by atoms with van der Waals surface area (Å²) in [6.45, 7) is 9.14. The molecule has 0 saturated carbocycles. The van der Waals surface area contributed by atoms with Gasteiger partial charge in [-0.05, 0) is 43.0 Å². The maximum Gasteiger partial charge on any atom is 0.125 e. The maximum absolute atomic E-state index is 7.47. The third-order valence-electron chi connectivity index (χ3n) is 3.39. The molecule has 0 aromatic heterocycles. The average molecular weight is 248 g/mol. The summed E-state index contributed by atoms with van der Waals surface area (Å²) in [6.07, 6.45) is 2.28. The minimum Gasteiger partial charge on any atom is -0.493 e. The molecular weight excluding hydrogens is 224 g/mol. The standard InChI is InChI=1S/C15H24N2O/c1-5-12(6-2)9-18-14-10(3)7-13(15(16)17)8-11(14)4/h7-8,12H,5-6,9H2,1-4H3,(H3,16,17). The van der Waals surface area contributed by atoms with Crippen molar-refractivity contribution in [1.29, 1.82) is 5.41 Å². The average Bonchev–Trinajstić information content (AvgIpc) is 2.32. The van der Waals surface area contributed by atoms with Crippen LogP contribution in [-0.4, -0.2) is 12.4 Å². The van der Waals surface area contributed by atoms with Gasteiger partial charge in [0.25, 0.3) is 0 Å². The van der Waals surface area contributed by atoms with Gasteiger partial charge in [-0.3, -0.25) is 5.41 Å². The van der Waals surface area contributed by atoms with Crippen LogP contribution in [0.1, 0.15) is 43.4 Å². The van der Waals surface area contributed by atoms with Gasteiger partial charge in [0.2, 0.25) is 0 Å². The zero-order chi connectivity index (χ0) is 13.7. The van der Waals surface area contributed by atoms with Crippen LogP contribution in [0, 0.1) is 25.2 Å². The number of ether oxygens (including phenoxy) is 1. The zero-order valence-corrected chi connectivity index (χ0v) is 11.8. The van der Waals surface area contributed by atoms with E-state index in [4.69, 9.17) is 15.9 Å². The highest BCUT2D eigenvalue weighted by Gasteiger charge is 2.10. The zero-order valence-electron chi connectivity index (χ0n) is 11.8. The molecule has 100 valence electrons. The van der Waals surface area contributed by atoms with Gasteiger partial charge in [0.1, 0.15) is 11.6 Å². The molecular formula is C15H24N2O. The molecule has 3 N–H and O–H groups in total. The van der Waals surface area contributed by atoms with Crippen LogP contribution in [0.25, 0.3) is 0 Å². The molecule has 0 atom stereocenters. The number of aryl methyl sites for hydroxylation is 2. The first-order valence-corrected chi connectivity index (χ1v) is 6.58. The van der Waals surface area contributed by atoms with Gasteiger partial charge in [-0.25, -0.2) is 0 Å². The lowest BCUT2D eigenvalue weighted by molar-refractivity contribution is 0.238. The fourth-order valence-electron chi connectivity index (χ4n) is 2.06. The van der Waals surface area contributed by atoms with Crippen molar-refractivity contribution in [1.82, 2.24) is 0 Å². The van der Waals surface area contributed by atoms with Gasteiger partial charge in [-0.1, -0.05) is 26.7 Å². The van der Waals surface area contributed by atoms with Crippen molar-refractivity contribution in [3.63, 3.8) is 0 Å². The maximum atomic E-state index is 7.47. The van der Waals surface area contributed by atoms with E-state index in [-0.39, 0.29) is 5.84 Å². The van der Waals surface area contributed by atoms with Crippen molar-refractivity contribution in [2.24, 2.45) is 11.7 Å². The van der Waals surface area contributed by atoms with E-state index >= 15 is 0 Å². The van der Waals surface area contributed by atoms with E-state index < -0.39 is 0 Å². The molecule has 0 bridgehead atoms. The lowest BCUT2D eigenvalue weighted by Crippen LogP contribution is -2.14. The third-order valence-corrected chi connectivity index (χ3v) is 3.39. The lowest BCUT2D eigenvalue weighted by Gasteiger charge is -2.17. The van der Waals surface area contributed by atoms with E-state index in [1.807, 2.05) is 26.0 Å². The number of benzene rings is 1. The second-order valence-corrected chi connectivity index (χ2v) is 4.85. The molecule has 0 saturated heterocycles. The van der Waals surface area contributed by atoms with Crippen molar-refractivity contribution in [3.05, 3.63) is 28.8 Å². The van der Waals surface area contributed by atoms with Crippen molar-refractivity contribution < 1.29 is 4.74 Å². The molecule has 0 fully saturated rings. The Hall–Kier alpha value is -1.51. The number of hydrogen-bond acceptors (Lipinski definition) is 2. The lowest BCUT2D eigenvalue weighted by atomic mass is 10.0. The number of hydrogen-bond donors (Lipinski definition) is 2. The third kappa shape index (κ3) is 3.49. The Morgan fingerprint density at radius 2 is 1.72 bits per heavy atom. The van der Waals surface area contributed by atoms with Crippen molar-refractivity contribution in [2.45, 2.75) is 40.5 Å². The molecule has 0 radical (unpaired) electrons. The summed E-state index contributed by atoms with van der Waals surface area (Å²) in [5.74, 6) is 1.65. The van der Waals surface area contributed by atoms with E-state index in [2.05, 4.69) is 13.8 Å². The molecule has 0 aliphatic rings. The van der Waals surface area contributed by atoms with Gasteiger partial charge in [0.05, 0.1) is 6.61 Å². The van der Waals surface area contributed by atoms with E-state index in [1.165, 1.54) is 0 Å². The highest BCUT2D eigenvalue weighted by molar-refractivity contribution is 5.95. The summed E-state index contributed by atoms with van der Waals surface area (Å²) in [7, 11) is 0. The summed E-state index contributed by atoms with van der Waals surface area (Å²) in [6, 6.07) is 3.83. The molecule has 0 aliphatic heterocycles. The van der Waals surface area contributed by atoms with Crippen molar-refractivity contribution in [2.75, 3.05) is 6.61 Å². The van der Waals surface area contributed by atoms with Crippen LogP contribution in [0.4, 0.5) is 0 Å². The first kappa shape index (κ1) is 14.6. The minimum atomic E-state index is 0.104. The topological polar surface area (TPSA) is 59.1 Å². The molecule has 0 heterocycles. The summed E-state index contributed by atoms with van der Waals surface area (Å²) >= 11 is 0. The minimum absolute atomic E-state index is 0.104. The largest absolute Gasteiger partial charge is 0.493 e. The number of nitrogens with two attached hydrogens (primary N) is 1. The first-order chi connectivity index (χ1) is 8.49. The van der Waals surface area contributed by atoms with Crippen molar-refractivity contribution in [3.8, 4) is 5.75 Å². The van der Waals surface area contributed by atoms with Crippen LogP contribution in [0.5, 0.6) is 5.75 Å². The van der Waals surface area contributed by atoms with Crippen LogP contribution in [-0.2, 0) is 0 Å². The summed E-state index contributed by atoms with van der Waals surface area (Å²) in [5.41, 5.74) is 8.37. The molecule has 1 aromatic carbocycles. The normalized spacial score (nSPS) is 10.7. The van der Waals surface area contributed by atoms with E-state index in [0.717, 1.165) is 41.9 Å². The summed E-state index contributed by atoms with van der Waals surface area (Å²) in [5, 5.41) is 7.47. The Morgan fingerprint density at radius 3 is 2.11 bits per heavy atom. The first-order valence-electron chi connectivity index (χ1n) is 6.58. The number of rotatable bonds is 6. The van der Waals surface area contributed by atoms with Gasteiger partial charge >= 0.3 is 0 Å². The Balaban J connectivity index is 2.87. The molecule has 0 unspecified atom stereocenters. The molecule has 3 heteroatoms. The van der Waals surface area contributed by atoms with Crippen LogP contribution >= 0.6 is 0 Å². The molecule has 0 aliphatic carbocycles. The Kier molecular flexibility index (Phi) is 5.20. The molecule has 3 nitrogen and oxygen atoms in total. The summed E-state index contributed by atoms with van der Waals surface area (Å²) in [4.78, 5) is 0. The van der Waals surface area contributed by atoms with Crippen LogP contribution in [0.2, 0.25) is 0 Å². The fraction of sp³-hybridized carbons (Fsp3) is 0.533. The number of nitrogens with one attached hydrogen (secondary N) is 1. The smallest absolute Gasteiger partial charge is 0.125 e. The number of nitrogen functional groups attached to an aromatic ring is 1. The predicted molar refractivity (Wildman–Crippen MR) is 76.5 cm³/mol. The highest BCUT2D eigenvalue weighted by atomic mass is 16.5. The van der Waals surface area contributed by atoms with Crippen molar-refractivity contribution >= 4 is 5.84 Å². The fourth-order valence-corrected chi connectivity index (χ4v) is 2.06. The SMILES string of the molecule is CCC(CC)COc1c(C)cc(C(=N)N)cc1C. The number of amidine groups is 1. The van der Waals surface area contributed by atoms with Crippen LogP contribution in [0.3, 0.4) is 0 Å².